The fourth-order valence-electron chi connectivity index (χ4n) is 5.32. The van der Waals surface area contributed by atoms with Crippen LogP contribution in [0.2, 0.25) is 0 Å². The van der Waals surface area contributed by atoms with Crippen molar-refractivity contribution in [3.8, 4) is 0 Å². The van der Waals surface area contributed by atoms with Crippen molar-refractivity contribution in [3.63, 3.8) is 0 Å². The minimum absolute atomic E-state index is 0. The molecule has 0 aliphatic heterocycles. The molecule has 0 radical (unpaired) electrons. The number of aliphatic carboxylic acids is 2. The molecule has 0 spiro atoms. The van der Waals surface area contributed by atoms with Crippen LogP contribution in [0.25, 0.3) is 0 Å². The molecule has 0 N–H and O–H groups in total. The molecular formula is C36H68CaI2O4. The Labute approximate surface area is 325 Å². The molecule has 4 nitrogen and oxygen atoms in total. The Morgan fingerprint density at radius 1 is 0.302 bits per heavy atom. The summed E-state index contributed by atoms with van der Waals surface area (Å²) in [6.07, 6.45) is 39.9. The van der Waals surface area contributed by atoms with Gasteiger partial charge in [-0.05, 0) is 47.4 Å². The largest absolute Gasteiger partial charge is 2.00 e. The maximum atomic E-state index is 10.2. The molecule has 0 bridgehead atoms. The van der Waals surface area contributed by atoms with E-state index in [-0.39, 0.29) is 50.6 Å². The predicted octanol–water partition coefficient (Wildman–Crippen LogP) is 10.4. The molecule has 0 unspecified atom stereocenters. The summed E-state index contributed by atoms with van der Waals surface area (Å²) >= 11 is 4.93. The quantitative estimate of drug-likeness (QED) is 0.0279. The molecule has 0 aromatic heterocycles. The van der Waals surface area contributed by atoms with Gasteiger partial charge < -0.3 is 19.8 Å². The van der Waals surface area contributed by atoms with Crippen LogP contribution in [0, 0.1) is 0 Å². The summed E-state index contributed by atoms with van der Waals surface area (Å²) in [6.45, 7) is 0. The van der Waals surface area contributed by atoms with Crippen LogP contribution in [-0.4, -0.2) is 58.5 Å². The molecule has 0 aromatic rings. The summed E-state index contributed by atoms with van der Waals surface area (Å²) in [5.41, 5.74) is 0. The van der Waals surface area contributed by atoms with E-state index < -0.39 is 11.9 Å². The average molecular weight is 859 g/mol. The average Bonchev–Trinajstić information content (AvgIpc) is 2.97. The minimum atomic E-state index is -0.903. The summed E-state index contributed by atoms with van der Waals surface area (Å²) in [7, 11) is 0. The topological polar surface area (TPSA) is 80.3 Å². The fourth-order valence-corrected chi connectivity index (χ4v) is 6.40. The zero-order valence-corrected chi connectivity index (χ0v) is 34.7. The van der Waals surface area contributed by atoms with E-state index in [1.165, 1.54) is 176 Å². The smallest absolute Gasteiger partial charge is 0.550 e. The van der Waals surface area contributed by atoms with Crippen molar-refractivity contribution in [3.05, 3.63) is 0 Å². The molecule has 0 aliphatic carbocycles. The molecule has 7 heteroatoms. The molecule has 0 saturated heterocycles. The monoisotopic (exact) mass is 858 g/mol. The van der Waals surface area contributed by atoms with Crippen molar-refractivity contribution in [2.45, 2.75) is 205 Å². The SMILES string of the molecule is O=C([O-])CCCCCCCCCCCCCCCCCI.O=C([O-])CCCCCCCCCCCCCCCCCI.[Ca+2]. The molecule has 0 saturated carbocycles. The van der Waals surface area contributed by atoms with E-state index in [1.807, 2.05) is 0 Å². The Balaban J connectivity index is -0.000000727. The molecule has 0 fully saturated rings. The van der Waals surface area contributed by atoms with Gasteiger partial charge in [0, 0.05) is 11.9 Å². The third kappa shape index (κ3) is 53.4. The number of hydrogen-bond donors (Lipinski definition) is 0. The summed E-state index contributed by atoms with van der Waals surface area (Å²) in [4.78, 5) is 20.5. The summed E-state index contributed by atoms with van der Waals surface area (Å²) in [5.74, 6) is -1.81. The van der Waals surface area contributed by atoms with E-state index in [0.29, 0.717) is 0 Å². The van der Waals surface area contributed by atoms with Crippen molar-refractivity contribution in [1.82, 2.24) is 0 Å². The van der Waals surface area contributed by atoms with Crippen LogP contribution in [0.1, 0.15) is 205 Å². The van der Waals surface area contributed by atoms with E-state index in [9.17, 15) is 19.8 Å². The van der Waals surface area contributed by atoms with Crippen molar-refractivity contribution in [2.75, 3.05) is 8.86 Å². The molecule has 252 valence electrons. The number of halogens is 2. The number of carboxylic acid groups (broad SMARTS) is 2. The van der Waals surface area contributed by atoms with E-state index >= 15 is 0 Å². The molecular weight excluding hydrogens is 790 g/mol. The Morgan fingerprint density at radius 3 is 0.581 bits per heavy atom. The Bertz CT molecular complexity index is 491. The normalized spacial score (nSPS) is 10.7. The van der Waals surface area contributed by atoms with E-state index in [4.69, 9.17) is 0 Å². The predicted molar refractivity (Wildman–Crippen MR) is 201 cm³/mol. The molecule has 0 rings (SSSR count). The van der Waals surface area contributed by atoms with E-state index in [1.54, 1.807) is 0 Å². The van der Waals surface area contributed by atoms with Gasteiger partial charge in [-0.1, -0.05) is 212 Å². The van der Waals surface area contributed by atoms with Gasteiger partial charge in [0.25, 0.3) is 0 Å². The molecule has 43 heavy (non-hydrogen) atoms. The van der Waals surface area contributed by atoms with Gasteiger partial charge >= 0.3 is 37.7 Å². The number of unbranched alkanes of at least 4 members (excludes halogenated alkanes) is 28. The number of alkyl halides is 2. The van der Waals surface area contributed by atoms with Gasteiger partial charge in [0.15, 0.2) is 0 Å². The van der Waals surface area contributed by atoms with Crippen molar-refractivity contribution in [1.29, 1.82) is 0 Å². The van der Waals surface area contributed by atoms with Gasteiger partial charge in [-0.25, -0.2) is 0 Å². The van der Waals surface area contributed by atoms with Gasteiger partial charge in [0.1, 0.15) is 0 Å². The Hall–Kier alpha value is 1.66. The fraction of sp³-hybridized carbons (Fsp3) is 0.944. The van der Waals surface area contributed by atoms with Crippen LogP contribution in [0.4, 0.5) is 0 Å². The van der Waals surface area contributed by atoms with Crippen LogP contribution < -0.4 is 10.2 Å². The first-order valence-corrected chi connectivity index (χ1v) is 21.1. The summed E-state index contributed by atoms with van der Waals surface area (Å²) < 4.78 is 2.63. The summed E-state index contributed by atoms with van der Waals surface area (Å²) in [5, 5.41) is 20.5. The van der Waals surface area contributed by atoms with Gasteiger partial charge in [-0.15, -0.1) is 0 Å². The third-order valence-corrected chi connectivity index (χ3v) is 9.55. The number of carbonyl (C=O) groups excluding carboxylic acids is 2. The first kappa shape index (κ1) is 49.1. The zero-order valence-electron chi connectivity index (χ0n) is 28.1. The van der Waals surface area contributed by atoms with Crippen molar-refractivity contribution < 1.29 is 19.8 Å². The molecule has 0 aliphatic rings. The molecule has 0 heterocycles. The molecule has 0 amide bonds. The second-order valence-electron chi connectivity index (χ2n) is 12.2. The Kier molecular flexibility index (Phi) is 52.2. The number of carboxylic acids is 2. The van der Waals surface area contributed by atoms with Gasteiger partial charge in [0.05, 0.1) is 0 Å². The minimum Gasteiger partial charge on any atom is -0.550 e. The number of rotatable bonds is 34. The number of carbonyl (C=O) groups is 2. The maximum absolute atomic E-state index is 10.2. The van der Waals surface area contributed by atoms with Gasteiger partial charge in [-0.2, -0.15) is 0 Å². The zero-order chi connectivity index (χ0) is 31.2. The van der Waals surface area contributed by atoms with Gasteiger partial charge in [0.2, 0.25) is 0 Å². The first-order chi connectivity index (χ1) is 20.5. The van der Waals surface area contributed by atoms with E-state index in [2.05, 4.69) is 45.2 Å². The van der Waals surface area contributed by atoms with Crippen LogP contribution >= 0.6 is 45.2 Å². The van der Waals surface area contributed by atoms with Crippen LogP contribution in [0.5, 0.6) is 0 Å². The Morgan fingerprint density at radius 2 is 0.442 bits per heavy atom. The van der Waals surface area contributed by atoms with Crippen LogP contribution in [0.3, 0.4) is 0 Å². The van der Waals surface area contributed by atoms with Gasteiger partial charge in [-0.3, -0.25) is 0 Å². The second kappa shape index (κ2) is 45.8. The van der Waals surface area contributed by atoms with Crippen LogP contribution in [-0.2, 0) is 9.59 Å². The molecule has 0 aromatic carbocycles. The standard InChI is InChI=1S/2C18H35IO2.Ca/c2*19-17-15-13-11-9-7-5-3-1-2-4-6-8-10-12-14-16-18(20)21;/h2*1-17H2,(H,20,21);/q;;+2/p-2. The second-order valence-corrected chi connectivity index (χ2v) is 14.4. The molecule has 0 atom stereocenters. The third-order valence-electron chi connectivity index (χ3n) is 8.03. The van der Waals surface area contributed by atoms with Crippen molar-refractivity contribution in [2.24, 2.45) is 0 Å². The summed E-state index contributed by atoms with van der Waals surface area (Å²) in [6, 6.07) is 0. The van der Waals surface area contributed by atoms with Crippen molar-refractivity contribution >= 4 is 94.9 Å². The maximum Gasteiger partial charge on any atom is 2.00 e. The van der Waals surface area contributed by atoms with E-state index in [0.717, 1.165) is 25.7 Å². The first-order valence-electron chi connectivity index (χ1n) is 18.1. The number of hydrogen-bond acceptors (Lipinski definition) is 4. The van der Waals surface area contributed by atoms with Crippen LogP contribution in [0.15, 0.2) is 0 Å².